The van der Waals surface area contributed by atoms with E-state index in [9.17, 15) is 14.5 Å². The van der Waals surface area contributed by atoms with Gasteiger partial charge in [0.05, 0.1) is 5.56 Å². The van der Waals surface area contributed by atoms with E-state index < -0.39 is 11.5 Å². The van der Waals surface area contributed by atoms with Crippen molar-refractivity contribution >= 4 is 23.8 Å². The molecule has 21 heavy (non-hydrogen) atoms. The van der Waals surface area contributed by atoms with E-state index in [1.165, 1.54) is 18.2 Å². The highest BCUT2D eigenvalue weighted by Gasteiger charge is 2.34. The maximum Gasteiger partial charge on any atom is 0.336 e. The van der Waals surface area contributed by atoms with Crippen LogP contribution >= 0.6 is 0 Å². The Hall–Kier alpha value is -2.77. The van der Waals surface area contributed by atoms with Gasteiger partial charge in [-0.2, -0.15) is 5.10 Å². The largest absolute Gasteiger partial charge is 0.478 e. The van der Waals surface area contributed by atoms with E-state index in [1.807, 2.05) is 0 Å². The van der Waals surface area contributed by atoms with Crippen molar-refractivity contribution < 1.29 is 14.7 Å². The minimum atomic E-state index is -1.18. The Bertz CT molecular complexity index is 619. The molecule has 1 aromatic carbocycles. The predicted octanol–water partition coefficient (Wildman–Crippen LogP) is 1.14. The Morgan fingerprint density at radius 3 is 2.86 bits per heavy atom. The van der Waals surface area contributed by atoms with Gasteiger partial charge in [-0.05, 0) is 29.8 Å². The van der Waals surface area contributed by atoms with Gasteiger partial charge in [-0.25, -0.2) is 4.79 Å². The van der Waals surface area contributed by atoms with Crippen molar-refractivity contribution in [2.24, 2.45) is 10.3 Å². The van der Waals surface area contributed by atoms with Gasteiger partial charge in [-0.15, -0.1) is 4.91 Å². The second-order valence-corrected chi connectivity index (χ2v) is 4.88. The second-order valence-electron chi connectivity index (χ2n) is 4.88. The smallest absolute Gasteiger partial charge is 0.336 e. The van der Waals surface area contributed by atoms with Crippen LogP contribution in [0, 0.1) is 4.91 Å². The van der Waals surface area contributed by atoms with Gasteiger partial charge in [0.2, 0.25) is 5.91 Å². The number of nitroso groups, excluding NO2 is 1. The molecule has 0 saturated heterocycles. The Labute approximate surface area is 120 Å². The molecule has 0 spiro atoms. The van der Waals surface area contributed by atoms with Crippen LogP contribution in [0.4, 0.5) is 5.69 Å². The summed E-state index contributed by atoms with van der Waals surface area (Å²) >= 11 is 0. The first kappa shape index (κ1) is 14.6. The number of hydrazone groups is 1. The molecule has 0 radical (unpaired) electrons. The number of nitrogens with one attached hydrogen (secondary N) is 2. The summed E-state index contributed by atoms with van der Waals surface area (Å²) in [6.07, 6.45) is 2.06. The van der Waals surface area contributed by atoms with E-state index in [2.05, 4.69) is 21.0 Å². The lowest BCUT2D eigenvalue weighted by Gasteiger charge is -2.22. The summed E-state index contributed by atoms with van der Waals surface area (Å²) in [6.45, 7) is 1.74. The lowest BCUT2D eigenvalue weighted by atomic mass is 9.99. The Kier molecular flexibility index (Phi) is 3.97. The van der Waals surface area contributed by atoms with E-state index in [0.717, 1.165) is 0 Å². The van der Waals surface area contributed by atoms with Crippen LogP contribution in [-0.4, -0.2) is 28.7 Å². The Morgan fingerprint density at radius 1 is 1.52 bits per heavy atom. The van der Waals surface area contributed by atoms with Crippen LogP contribution < -0.4 is 10.7 Å². The number of benzene rings is 1. The number of carbonyl (C=O) groups excluding carboxylic acids is 1. The molecule has 1 unspecified atom stereocenters. The second kappa shape index (κ2) is 5.70. The highest BCUT2D eigenvalue weighted by Crippen LogP contribution is 2.19. The Morgan fingerprint density at radius 2 is 2.29 bits per heavy atom. The molecule has 1 amide bonds. The van der Waals surface area contributed by atoms with Crippen LogP contribution in [0.15, 0.2) is 28.5 Å². The van der Waals surface area contributed by atoms with Gasteiger partial charge in [0.1, 0.15) is 11.2 Å². The number of carbonyl (C=O) groups is 2. The monoisotopic (exact) mass is 290 g/mol. The number of carboxylic acid groups (broad SMARTS) is 1. The van der Waals surface area contributed by atoms with Crippen LogP contribution in [0.5, 0.6) is 0 Å². The molecule has 1 aromatic rings. The molecule has 0 aromatic heterocycles. The summed E-state index contributed by atoms with van der Waals surface area (Å²) in [5.74, 6) is -1.47. The highest BCUT2D eigenvalue weighted by atomic mass is 16.4. The zero-order valence-corrected chi connectivity index (χ0v) is 11.3. The van der Waals surface area contributed by atoms with Gasteiger partial charge < -0.3 is 10.4 Å². The summed E-state index contributed by atoms with van der Waals surface area (Å²) in [4.78, 5) is 33.7. The minimum Gasteiger partial charge on any atom is -0.478 e. The fourth-order valence-corrected chi connectivity index (χ4v) is 1.95. The highest BCUT2D eigenvalue weighted by molar-refractivity contribution is 5.92. The topological polar surface area (TPSA) is 120 Å². The third kappa shape index (κ3) is 3.04. The summed E-state index contributed by atoms with van der Waals surface area (Å²) in [5, 5.41) is 18.3. The molecular formula is C13H14N4O4. The molecule has 0 bridgehead atoms. The van der Waals surface area contributed by atoms with Crippen molar-refractivity contribution in [1.82, 2.24) is 10.7 Å². The fourth-order valence-electron chi connectivity index (χ4n) is 1.95. The molecule has 1 aliphatic rings. The molecule has 0 fully saturated rings. The maximum absolute atomic E-state index is 12.1. The molecule has 1 aliphatic heterocycles. The van der Waals surface area contributed by atoms with Crippen molar-refractivity contribution in [2.45, 2.75) is 25.4 Å². The standard InChI is InChI=1S/C13H14N4O4/c1-13(4-5-15-17-13)12(20)14-7-8-2-3-9(16-21)6-10(8)11(18)19/h2-3,5-6,17H,4,7H2,1H3,(H,14,20)(H,18,19). The zero-order chi connectivity index (χ0) is 15.5. The average molecular weight is 290 g/mol. The average Bonchev–Trinajstić information content (AvgIpc) is 2.92. The van der Waals surface area contributed by atoms with Gasteiger partial charge in [0, 0.05) is 19.2 Å². The molecule has 2 rings (SSSR count). The molecular weight excluding hydrogens is 276 g/mol. The Balaban J connectivity index is 2.11. The first-order valence-corrected chi connectivity index (χ1v) is 6.23. The molecule has 1 heterocycles. The number of rotatable bonds is 5. The quantitative estimate of drug-likeness (QED) is 0.702. The van der Waals surface area contributed by atoms with Gasteiger partial charge in [-0.3, -0.25) is 10.2 Å². The number of hydrogen-bond donors (Lipinski definition) is 3. The van der Waals surface area contributed by atoms with E-state index >= 15 is 0 Å². The third-order valence-corrected chi connectivity index (χ3v) is 3.27. The van der Waals surface area contributed by atoms with Gasteiger partial charge >= 0.3 is 5.97 Å². The van der Waals surface area contributed by atoms with Crippen molar-refractivity contribution in [3.05, 3.63) is 34.2 Å². The fraction of sp³-hybridized carbons (Fsp3) is 0.308. The number of hydrogen-bond acceptors (Lipinski definition) is 6. The third-order valence-electron chi connectivity index (χ3n) is 3.27. The van der Waals surface area contributed by atoms with Crippen LogP contribution in [0.2, 0.25) is 0 Å². The molecule has 1 atom stereocenters. The summed E-state index contributed by atoms with van der Waals surface area (Å²) < 4.78 is 0. The van der Waals surface area contributed by atoms with E-state index in [1.54, 1.807) is 13.1 Å². The van der Waals surface area contributed by atoms with Gasteiger partial charge in [0.25, 0.3) is 0 Å². The molecule has 0 saturated carbocycles. The molecule has 0 aliphatic carbocycles. The molecule has 110 valence electrons. The SMILES string of the molecule is CC1(C(=O)NCc2ccc(N=O)cc2C(=O)O)CC=NN1. The first-order chi connectivity index (χ1) is 9.96. The van der Waals surface area contributed by atoms with Crippen molar-refractivity contribution in [3.8, 4) is 0 Å². The first-order valence-electron chi connectivity index (χ1n) is 6.23. The minimum absolute atomic E-state index is 0.0281. The lowest BCUT2D eigenvalue weighted by Crippen LogP contribution is -2.50. The van der Waals surface area contributed by atoms with Crippen LogP contribution in [0.1, 0.15) is 29.3 Å². The van der Waals surface area contributed by atoms with Gasteiger partial charge in [0.15, 0.2) is 0 Å². The summed E-state index contributed by atoms with van der Waals surface area (Å²) in [6, 6.07) is 4.04. The molecule has 8 heteroatoms. The van der Waals surface area contributed by atoms with Gasteiger partial charge in [-0.1, -0.05) is 6.07 Å². The van der Waals surface area contributed by atoms with Crippen LogP contribution in [-0.2, 0) is 11.3 Å². The van der Waals surface area contributed by atoms with E-state index in [4.69, 9.17) is 5.11 Å². The van der Waals surface area contributed by atoms with Crippen LogP contribution in [0.25, 0.3) is 0 Å². The number of carboxylic acids is 1. The number of amides is 1. The van der Waals surface area contributed by atoms with Crippen molar-refractivity contribution in [2.75, 3.05) is 0 Å². The zero-order valence-electron chi connectivity index (χ0n) is 11.3. The number of aromatic carboxylic acids is 1. The van der Waals surface area contributed by atoms with E-state index in [0.29, 0.717) is 12.0 Å². The number of nitrogens with zero attached hydrogens (tertiary/aromatic N) is 2. The van der Waals surface area contributed by atoms with E-state index in [-0.39, 0.29) is 23.7 Å². The molecule has 3 N–H and O–H groups in total. The summed E-state index contributed by atoms with van der Waals surface area (Å²) in [7, 11) is 0. The van der Waals surface area contributed by atoms with Crippen molar-refractivity contribution in [3.63, 3.8) is 0 Å². The maximum atomic E-state index is 12.1. The molecule has 8 nitrogen and oxygen atoms in total. The van der Waals surface area contributed by atoms with Crippen LogP contribution in [0.3, 0.4) is 0 Å². The van der Waals surface area contributed by atoms with Crippen molar-refractivity contribution in [1.29, 1.82) is 0 Å². The lowest BCUT2D eigenvalue weighted by molar-refractivity contribution is -0.126. The predicted molar refractivity (Wildman–Crippen MR) is 75.4 cm³/mol. The normalized spacial score (nSPS) is 19.9. The summed E-state index contributed by atoms with van der Waals surface area (Å²) in [5.41, 5.74) is 2.24.